The first kappa shape index (κ1) is 20.7. The van der Waals surface area contributed by atoms with Gasteiger partial charge in [0.1, 0.15) is 10.8 Å². The summed E-state index contributed by atoms with van der Waals surface area (Å²) < 4.78 is 19.3. The fourth-order valence-corrected chi connectivity index (χ4v) is 4.12. The maximum Gasteiger partial charge on any atom is 0.191 e. The molecule has 0 aliphatic carbocycles. The number of hydrogen-bond donors (Lipinski definition) is 2. The molecule has 152 valence electrons. The Labute approximate surface area is 169 Å². The molecule has 2 aromatic rings. The summed E-state index contributed by atoms with van der Waals surface area (Å²) >= 11 is 1.69. The molecule has 8 heteroatoms. The molecule has 0 spiro atoms. The molecule has 0 saturated carbocycles. The Morgan fingerprint density at radius 2 is 2.11 bits per heavy atom. The van der Waals surface area contributed by atoms with Crippen LogP contribution in [0.4, 0.5) is 4.39 Å². The van der Waals surface area contributed by atoms with Crippen molar-refractivity contribution >= 4 is 17.3 Å². The summed E-state index contributed by atoms with van der Waals surface area (Å²) in [6, 6.07) is 6.87. The van der Waals surface area contributed by atoms with E-state index in [-0.39, 0.29) is 11.9 Å². The molecule has 0 amide bonds. The highest BCUT2D eigenvalue weighted by molar-refractivity contribution is 7.11. The van der Waals surface area contributed by atoms with Crippen LogP contribution in [-0.4, -0.2) is 55.7 Å². The van der Waals surface area contributed by atoms with E-state index in [1.807, 2.05) is 13.0 Å². The third kappa shape index (κ3) is 5.50. The highest BCUT2D eigenvalue weighted by atomic mass is 32.1. The lowest BCUT2D eigenvalue weighted by Gasteiger charge is -2.35. The van der Waals surface area contributed by atoms with Gasteiger partial charge < -0.3 is 15.4 Å². The van der Waals surface area contributed by atoms with Gasteiger partial charge in [-0.05, 0) is 31.5 Å². The van der Waals surface area contributed by atoms with Gasteiger partial charge in [0, 0.05) is 31.6 Å². The van der Waals surface area contributed by atoms with E-state index >= 15 is 0 Å². The number of aryl methyl sites for hydroxylation is 2. The second-order valence-corrected chi connectivity index (χ2v) is 8.06. The van der Waals surface area contributed by atoms with Crippen LogP contribution in [0.3, 0.4) is 0 Å². The molecular formula is C20H28FN5OS. The third-order valence-corrected chi connectivity index (χ3v) is 5.96. The molecule has 1 aromatic carbocycles. The summed E-state index contributed by atoms with van der Waals surface area (Å²) in [5.41, 5.74) is 2.03. The zero-order valence-electron chi connectivity index (χ0n) is 16.7. The van der Waals surface area contributed by atoms with Gasteiger partial charge in [-0.15, -0.1) is 11.3 Å². The first-order chi connectivity index (χ1) is 13.6. The van der Waals surface area contributed by atoms with Crippen molar-refractivity contribution in [2.45, 2.75) is 26.4 Å². The second kappa shape index (κ2) is 9.95. The predicted molar refractivity (Wildman–Crippen MR) is 111 cm³/mol. The van der Waals surface area contributed by atoms with E-state index in [0.717, 1.165) is 29.4 Å². The highest BCUT2D eigenvalue weighted by Gasteiger charge is 2.23. The fourth-order valence-electron chi connectivity index (χ4n) is 3.25. The zero-order valence-corrected chi connectivity index (χ0v) is 17.5. The van der Waals surface area contributed by atoms with Crippen molar-refractivity contribution in [1.29, 1.82) is 0 Å². The lowest BCUT2D eigenvalue weighted by molar-refractivity contribution is 0.0169. The molecule has 6 nitrogen and oxygen atoms in total. The molecule has 2 N–H and O–H groups in total. The van der Waals surface area contributed by atoms with Crippen LogP contribution < -0.4 is 10.6 Å². The maximum absolute atomic E-state index is 13.8. The number of aliphatic imine (C=N–C) groups is 1. The van der Waals surface area contributed by atoms with Gasteiger partial charge >= 0.3 is 0 Å². The Kier molecular flexibility index (Phi) is 7.36. The number of halogens is 1. The molecule has 1 saturated heterocycles. The van der Waals surface area contributed by atoms with Gasteiger partial charge in [0.15, 0.2) is 5.96 Å². The van der Waals surface area contributed by atoms with Gasteiger partial charge in [-0.3, -0.25) is 9.89 Å². The summed E-state index contributed by atoms with van der Waals surface area (Å²) in [7, 11) is 1.75. The predicted octanol–water partition coefficient (Wildman–Crippen LogP) is 2.64. The Morgan fingerprint density at radius 3 is 2.75 bits per heavy atom. The number of nitrogens with one attached hydrogen (secondary N) is 2. The molecule has 0 bridgehead atoms. The molecule has 1 atom stereocenters. The average Bonchev–Trinajstić information content (AvgIpc) is 3.03. The second-order valence-electron chi connectivity index (χ2n) is 6.78. The van der Waals surface area contributed by atoms with Crippen LogP contribution in [0.15, 0.2) is 29.3 Å². The molecule has 2 heterocycles. The SMILES string of the molecule is CN=C(NCc1nc(C)c(C)s1)NCC(c1cccc(F)c1)N1CCOCC1. The Bertz CT molecular complexity index is 784. The van der Waals surface area contributed by atoms with Crippen LogP contribution >= 0.6 is 11.3 Å². The fraction of sp³-hybridized carbons (Fsp3) is 0.500. The van der Waals surface area contributed by atoms with Crippen LogP contribution in [0.25, 0.3) is 0 Å². The maximum atomic E-state index is 13.8. The molecule has 1 aliphatic heterocycles. The molecule has 1 fully saturated rings. The topological polar surface area (TPSA) is 61.8 Å². The number of guanidine groups is 1. The average molecular weight is 406 g/mol. The Balaban J connectivity index is 1.64. The van der Waals surface area contributed by atoms with Gasteiger partial charge in [-0.2, -0.15) is 0 Å². The smallest absolute Gasteiger partial charge is 0.191 e. The Hall–Kier alpha value is -2.03. The minimum atomic E-state index is -0.215. The molecular weight excluding hydrogens is 377 g/mol. The van der Waals surface area contributed by atoms with E-state index in [2.05, 4.69) is 32.4 Å². The first-order valence-electron chi connectivity index (χ1n) is 9.51. The van der Waals surface area contributed by atoms with Crippen molar-refractivity contribution in [3.05, 3.63) is 51.2 Å². The Morgan fingerprint density at radius 1 is 1.32 bits per heavy atom. The summed E-state index contributed by atoms with van der Waals surface area (Å²) in [5.74, 6) is 0.493. The summed E-state index contributed by atoms with van der Waals surface area (Å²) in [6.07, 6.45) is 0. The zero-order chi connectivity index (χ0) is 19.9. The van der Waals surface area contributed by atoms with Crippen molar-refractivity contribution in [2.24, 2.45) is 4.99 Å². The number of nitrogens with zero attached hydrogens (tertiary/aromatic N) is 3. The largest absolute Gasteiger partial charge is 0.379 e. The van der Waals surface area contributed by atoms with E-state index < -0.39 is 0 Å². The van der Waals surface area contributed by atoms with E-state index in [1.165, 1.54) is 10.9 Å². The van der Waals surface area contributed by atoms with Crippen LogP contribution in [0, 0.1) is 19.7 Å². The van der Waals surface area contributed by atoms with E-state index in [9.17, 15) is 4.39 Å². The van der Waals surface area contributed by atoms with Crippen molar-refractivity contribution in [1.82, 2.24) is 20.5 Å². The lowest BCUT2D eigenvalue weighted by Crippen LogP contribution is -2.46. The minimum absolute atomic E-state index is 0.0440. The molecule has 1 aromatic heterocycles. The van der Waals surface area contributed by atoms with Crippen LogP contribution in [0.1, 0.15) is 27.2 Å². The van der Waals surface area contributed by atoms with Crippen LogP contribution in [0.2, 0.25) is 0 Å². The van der Waals surface area contributed by atoms with Gasteiger partial charge in [-0.25, -0.2) is 9.37 Å². The van der Waals surface area contributed by atoms with E-state index in [4.69, 9.17) is 4.74 Å². The van der Waals surface area contributed by atoms with Crippen molar-refractivity contribution in [2.75, 3.05) is 39.9 Å². The van der Waals surface area contributed by atoms with Crippen LogP contribution in [-0.2, 0) is 11.3 Å². The standard InChI is InChI=1S/C20H28FN5OS/c1-14-15(2)28-19(25-14)13-24-20(22-3)23-12-18(26-7-9-27-10-8-26)16-5-4-6-17(21)11-16/h4-6,11,18H,7-10,12-13H2,1-3H3,(H2,22,23,24). The van der Waals surface area contributed by atoms with Crippen LogP contribution in [0.5, 0.6) is 0 Å². The van der Waals surface area contributed by atoms with Crippen molar-refractivity contribution < 1.29 is 9.13 Å². The normalized spacial score (nSPS) is 16.8. The number of hydrogen-bond acceptors (Lipinski definition) is 5. The number of rotatable bonds is 6. The van der Waals surface area contributed by atoms with Gasteiger partial charge in [0.25, 0.3) is 0 Å². The first-order valence-corrected chi connectivity index (χ1v) is 10.3. The summed E-state index contributed by atoms with van der Waals surface area (Å²) in [6.45, 7) is 8.40. The quantitative estimate of drug-likeness (QED) is 0.572. The molecule has 1 unspecified atom stereocenters. The molecule has 1 aliphatic rings. The number of morpholine rings is 1. The lowest BCUT2D eigenvalue weighted by atomic mass is 10.0. The molecule has 3 rings (SSSR count). The third-order valence-electron chi connectivity index (χ3n) is 4.89. The number of ether oxygens (including phenoxy) is 1. The monoisotopic (exact) mass is 405 g/mol. The van der Waals surface area contributed by atoms with E-state index in [0.29, 0.717) is 32.3 Å². The van der Waals surface area contributed by atoms with E-state index in [1.54, 1.807) is 30.5 Å². The van der Waals surface area contributed by atoms with Gasteiger partial charge in [0.2, 0.25) is 0 Å². The summed E-state index contributed by atoms with van der Waals surface area (Å²) in [5, 5.41) is 7.74. The van der Waals surface area contributed by atoms with Crippen molar-refractivity contribution in [3.63, 3.8) is 0 Å². The molecule has 0 radical (unpaired) electrons. The number of benzene rings is 1. The van der Waals surface area contributed by atoms with Gasteiger partial charge in [-0.1, -0.05) is 12.1 Å². The number of thiazole rings is 1. The molecule has 28 heavy (non-hydrogen) atoms. The number of aromatic nitrogens is 1. The summed E-state index contributed by atoms with van der Waals surface area (Å²) in [4.78, 5) is 12.4. The van der Waals surface area contributed by atoms with Gasteiger partial charge in [0.05, 0.1) is 31.5 Å². The highest BCUT2D eigenvalue weighted by Crippen LogP contribution is 2.22. The van der Waals surface area contributed by atoms with Crippen molar-refractivity contribution in [3.8, 4) is 0 Å². The minimum Gasteiger partial charge on any atom is -0.379 e.